The molecule has 10 nitrogen and oxygen atoms in total. The first kappa shape index (κ1) is 15.3. The molecule has 0 fully saturated rings. The van der Waals surface area contributed by atoms with Gasteiger partial charge in [-0.05, 0) is 24.3 Å². The van der Waals surface area contributed by atoms with Gasteiger partial charge in [-0.25, -0.2) is 0 Å². The van der Waals surface area contributed by atoms with Crippen molar-refractivity contribution < 1.29 is 14.1 Å². The normalized spacial score (nSPS) is 10.5. The second-order valence-corrected chi connectivity index (χ2v) is 4.73. The van der Waals surface area contributed by atoms with E-state index in [-0.39, 0.29) is 17.4 Å². The highest BCUT2D eigenvalue weighted by Crippen LogP contribution is 2.25. The Morgan fingerprint density at radius 3 is 2.92 bits per heavy atom. The summed E-state index contributed by atoms with van der Waals surface area (Å²) in [6.07, 6.45) is 0. The van der Waals surface area contributed by atoms with Crippen molar-refractivity contribution in [2.24, 2.45) is 0 Å². The summed E-state index contributed by atoms with van der Waals surface area (Å²) in [4.78, 5) is 23.7. The van der Waals surface area contributed by atoms with Crippen molar-refractivity contribution in [3.8, 4) is 11.3 Å². The van der Waals surface area contributed by atoms with Gasteiger partial charge in [0.05, 0.1) is 11.5 Å². The van der Waals surface area contributed by atoms with Gasteiger partial charge in [0.25, 0.3) is 17.5 Å². The lowest BCUT2D eigenvalue weighted by Gasteiger charge is -1.98. The summed E-state index contributed by atoms with van der Waals surface area (Å²) in [5.41, 5.74) is 0.439. The summed E-state index contributed by atoms with van der Waals surface area (Å²) in [5, 5.41) is 24.6. The van der Waals surface area contributed by atoms with Crippen LogP contribution in [0.15, 0.2) is 40.8 Å². The quantitative estimate of drug-likeness (QED) is 0.561. The maximum absolute atomic E-state index is 12.1. The first-order chi connectivity index (χ1) is 11.6. The Bertz CT molecular complexity index is 900. The van der Waals surface area contributed by atoms with E-state index in [9.17, 15) is 14.9 Å². The maximum atomic E-state index is 12.1. The van der Waals surface area contributed by atoms with Gasteiger partial charge in [0.15, 0.2) is 5.76 Å². The fraction of sp³-hybridized carbons (Fsp3) is 0.143. The van der Waals surface area contributed by atoms with E-state index in [2.05, 4.69) is 20.7 Å². The lowest BCUT2D eigenvalue weighted by Crippen LogP contribution is -2.12. The number of nitrogens with one attached hydrogen (secondary N) is 1. The van der Waals surface area contributed by atoms with Crippen LogP contribution in [0.4, 0.5) is 11.6 Å². The third-order valence-electron chi connectivity index (χ3n) is 3.13. The molecule has 2 aromatic heterocycles. The number of furan rings is 1. The minimum Gasteiger partial charge on any atom is -0.451 e. The molecule has 0 saturated carbocycles. The Labute approximate surface area is 135 Å². The van der Waals surface area contributed by atoms with Crippen molar-refractivity contribution in [2.45, 2.75) is 13.5 Å². The number of hydrogen-bond donors (Lipinski definition) is 1. The van der Waals surface area contributed by atoms with Crippen molar-refractivity contribution in [1.82, 2.24) is 20.2 Å². The van der Waals surface area contributed by atoms with Crippen LogP contribution in [-0.2, 0) is 6.54 Å². The molecule has 1 N–H and O–H groups in total. The van der Waals surface area contributed by atoms with E-state index in [4.69, 9.17) is 4.42 Å². The molecule has 0 unspecified atom stereocenters. The molecule has 0 aliphatic heterocycles. The van der Waals surface area contributed by atoms with E-state index in [1.165, 1.54) is 23.0 Å². The number of nitro groups is 1. The van der Waals surface area contributed by atoms with Gasteiger partial charge in [-0.15, -0.1) is 5.10 Å². The average Bonchev–Trinajstić information content (AvgIpc) is 3.24. The number of aromatic nitrogens is 4. The van der Waals surface area contributed by atoms with Crippen molar-refractivity contribution in [1.29, 1.82) is 0 Å². The van der Waals surface area contributed by atoms with Crippen LogP contribution in [-0.4, -0.2) is 31.0 Å². The zero-order valence-electron chi connectivity index (χ0n) is 12.5. The van der Waals surface area contributed by atoms with E-state index < -0.39 is 10.8 Å². The third kappa shape index (κ3) is 3.11. The van der Waals surface area contributed by atoms with Gasteiger partial charge >= 0.3 is 0 Å². The summed E-state index contributed by atoms with van der Waals surface area (Å²) in [6, 6.07) is 8.97. The molecule has 0 bridgehead atoms. The number of carbonyl (C=O) groups is 1. The largest absolute Gasteiger partial charge is 0.451 e. The summed E-state index contributed by atoms with van der Waals surface area (Å²) >= 11 is 0. The predicted octanol–water partition coefficient (Wildman–Crippen LogP) is 2.11. The van der Waals surface area contributed by atoms with E-state index in [1.807, 2.05) is 6.92 Å². The van der Waals surface area contributed by atoms with Gasteiger partial charge < -0.3 is 4.42 Å². The minimum absolute atomic E-state index is 0.0318. The highest BCUT2D eigenvalue weighted by atomic mass is 16.6. The van der Waals surface area contributed by atoms with Crippen LogP contribution >= 0.6 is 0 Å². The number of anilines is 1. The topological polar surface area (TPSA) is 129 Å². The summed E-state index contributed by atoms with van der Waals surface area (Å²) < 4.78 is 5.45. The molecule has 0 radical (unpaired) electrons. The molecular formula is C14H12N6O4. The van der Waals surface area contributed by atoms with E-state index in [1.54, 1.807) is 18.2 Å². The predicted molar refractivity (Wildman–Crippen MR) is 82.2 cm³/mol. The molecule has 24 heavy (non-hydrogen) atoms. The molecule has 0 atom stereocenters. The molecule has 3 rings (SSSR count). The highest BCUT2D eigenvalue weighted by molar-refractivity contribution is 6.01. The SMILES string of the molecule is CCn1nnc(NC(=O)c2ccc(-c3cccc([N+](=O)[O-])c3)o2)n1. The van der Waals surface area contributed by atoms with Gasteiger partial charge in [0.1, 0.15) is 5.76 Å². The van der Waals surface area contributed by atoms with Crippen molar-refractivity contribution >= 4 is 17.5 Å². The van der Waals surface area contributed by atoms with Crippen LogP contribution in [0, 0.1) is 10.1 Å². The number of hydrogen-bond acceptors (Lipinski definition) is 7. The molecular weight excluding hydrogens is 316 g/mol. The van der Waals surface area contributed by atoms with Crippen LogP contribution < -0.4 is 5.32 Å². The zero-order valence-corrected chi connectivity index (χ0v) is 12.5. The van der Waals surface area contributed by atoms with Crippen LogP contribution in [0.2, 0.25) is 0 Å². The summed E-state index contributed by atoms with van der Waals surface area (Å²) in [6.45, 7) is 2.37. The third-order valence-corrected chi connectivity index (χ3v) is 3.13. The fourth-order valence-electron chi connectivity index (χ4n) is 1.98. The second kappa shape index (κ2) is 6.28. The Morgan fingerprint density at radius 2 is 2.21 bits per heavy atom. The van der Waals surface area contributed by atoms with E-state index >= 15 is 0 Å². The molecule has 0 saturated heterocycles. The maximum Gasteiger partial charge on any atom is 0.293 e. The van der Waals surface area contributed by atoms with Gasteiger partial charge in [0, 0.05) is 17.7 Å². The number of carbonyl (C=O) groups excluding carboxylic acids is 1. The molecule has 0 aliphatic carbocycles. The van der Waals surface area contributed by atoms with Crippen molar-refractivity contribution in [3.05, 3.63) is 52.3 Å². The monoisotopic (exact) mass is 328 g/mol. The number of rotatable bonds is 5. The Kier molecular flexibility index (Phi) is 4.01. The molecule has 122 valence electrons. The average molecular weight is 328 g/mol. The zero-order chi connectivity index (χ0) is 17.1. The Balaban J connectivity index is 1.78. The van der Waals surface area contributed by atoms with Gasteiger partial charge in [-0.2, -0.15) is 4.80 Å². The number of benzene rings is 1. The van der Waals surface area contributed by atoms with Crippen LogP contribution in [0.5, 0.6) is 0 Å². The lowest BCUT2D eigenvalue weighted by atomic mass is 10.1. The number of non-ortho nitro benzene ring substituents is 1. The second-order valence-electron chi connectivity index (χ2n) is 4.73. The molecule has 1 amide bonds. The van der Waals surface area contributed by atoms with Gasteiger partial charge in [-0.3, -0.25) is 20.2 Å². The number of tetrazole rings is 1. The number of amides is 1. The highest BCUT2D eigenvalue weighted by Gasteiger charge is 2.16. The first-order valence-corrected chi connectivity index (χ1v) is 7.00. The summed E-state index contributed by atoms with van der Waals surface area (Å²) in [7, 11) is 0. The standard InChI is InChI=1S/C14H12N6O4/c1-2-19-17-14(16-18-19)15-13(21)12-7-6-11(24-12)9-4-3-5-10(8-9)20(22)23/h3-8H,2H2,1H3,(H,15,17,21). The van der Waals surface area contributed by atoms with E-state index in [0.29, 0.717) is 17.9 Å². The van der Waals surface area contributed by atoms with Crippen molar-refractivity contribution in [3.63, 3.8) is 0 Å². The Morgan fingerprint density at radius 1 is 1.38 bits per heavy atom. The molecule has 0 aliphatic rings. The summed E-state index contributed by atoms with van der Waals surface area (Å²) in [5.74, 6) is -0.101. The Hall–Kier alpha value is -3.56. The fourth-order valence-corrected chi connectivity index (χ4v) is 1.98. The number of nitro benzene ring substituents is 1. The first-order valence-electron chi connectivity index (χ1n) is 7.00. The molecule has 2 heterocycles. The molecule has 0 spiro atoms. The van der Waals surface area contributed by atoms with Crippen LogP contribution in [0.25, 0.3) is 11.3 Å². The minimum atomic E-state index is -0.540. The van der Waals surface area contributed by atoms with Gasteiger partial charge in [0.2, 0.25) is 0 Å². The molecule has 1 aromatic carbocycles. The smallest absolute Gasteiger partial charge is 0.293 e. The van der Waals surface area contributed by atoms with Crippen LogP contribution in [0.1, 0.15) is 17.5 Å². The lowest BCUT2D eigenvalue weighted by molar-refractivity contribution is -0.384. The number of aryl methyl sites for hydroxylation is 1. The van der Waals surface area contributed by atoms with Crippen LogP contribution in [0.3, 0.4) is 0 Å². The molecule has 10 heteroatoms. The molecule has 3 aromatic rings. The number of nitrogens with zero attached hydrogens (tertiary/aromatic N) is 5. The van der Waals surface area contributed by atoms with E-state index in [0.717, 1.165) is 0 Å². The van der Waals surface area contributed by atoms with Crippen molar-refractivity contribution in [2.75, 3.05) is 5.32 Å². The van der Waals surface area contributed by atoms with Gasteiger partial charge in [-0.1, -0.05) is 17.2 Å².